The molecule has 0 radical (unpaired) electrons. The van der Waals surface area contributed by atoms with Crippen molar-refractivity contribution in [3.63, 3.8) is 0 Å². The number of hydrogen-bond acceptors (Lipinski definition) is 3. The largest absolute Gasteiger partial charge is 0.339 e. The van der Waals surface area contributed by atoms with Crippen LogP contribution >= 0.6 is 0 Å². The molecule has 1 fully saturated rings. The first-order valence-corrected chi connectivity index (χ1v) is 8.33. The lowest BCUT2D eigenvalue weighted by molar-refractivity contribution is -0.135. The zero-order chi connectivity index (χ0) is 13.8. The van der Waals surface area contributed by atoms with E-state index >= 15 is 0 Å². The van der Waals surface area contributed by atoms with Crippen LogP contribution in [0.25, 0.3) is 0 Å². The van der Waals surface area contributed by atoms with E-state index in [0.717, 1.165) is 25.8 Å². The molecule has 0 aromatic rings. The second-order valence-electron chi connectivity index (χ2n) is 5.03. The number of hydrogen-bond donors (Lipinski definition) is 1. The van der Waals surface area contributed by atoms with Gasteiger partial charge in [0, 0.05) is 12.6 Å². The number of carbonyl (C=O) groups excluding carboxylic acids is 1. The average molecular weight is 276 g/mol. The van der Waals surface area contributed by atoms with Crippen LogP contribution in [0.2, 0.25) is 0 Å². The van der Waals surface area contributed by atoms with Crippen molar-refractivity contribution in [3.8, 4) is 0 Å². The lowest BCUT2D eigenvalue weighted by atomic mass is 10.0. The van der Waals surface area contributed by atoms with Crippen molar-refractivity contribution in [1.29, 1.82) is 0 Å². The van der Waals surface area contributed by atoms with Crippen LogP contribution in [0.1, 0.15) is 46.5 Å². The molecule has 1 amide bonds. The van der Waals surface area contributed by atoms with E-state index in [-0.39, 0.29) is 17.7 Å². The highest BCUT2D eigenvalue weighted by molar-refractivity contribution is 7.89. The summed E-state index contributed by atoms with van der Waals surface area (Å²) in [5.74, 6) is -0.0398. The standard InChI is InChI=1S/C12H24N2O3S/c1-4-9-18(16,17)13-11(3)12(15)14-8-6-5-7-10(14)2/h10-11,13H,4-9H2,1-3H3. The summed E-state index contributed by atoms with van der Waals surface area (Å²) in [5, 5.41) is 0. The third-order valence-electron chi connectivity index (χ3n) is 3.29. The van der Waals surface area contributed by atoms with Gasteiger partial charge in [-0.15, -0.1) is 0 Å². The number of carbonyl (C=O) groups is 1. The van der Waals surface area contributed by atoms with Crippen LogP contribution in [0.15, 0.2) is 0 Å². The first-order valence-electron chi connectivity index (χ1n) is 6.68. The fourth-order valence-electron chi connectivity index (χ4n) is 2.32. The predicted octanol–water partition coefficient (Wildman–Crippen LogP) is 1.11. The molecule has 0 saturated carbocycles. The van der Waals surface area contributed by atoms with Crippen molar-refractivity contribution >= 4 is 15.9 Å². The summed E-state index contributed by atoms with van der Waals surface area (Å²) in [7, 11) is -3.33. The summed E-state index contributed by atoms with van der Waals surface area (Å²) in [6.07, 6.45) is 3.70. The lowest BCUT2D eigenvalue weighted by Crippen LogP contribution is -2.51. The molecule has 1 saturated heterocycles. The smallest absolute Gasteiger partial charge is 0.240 e. The van der Waals surface area contributed by atoms with E-state index in [4.69, 9.17) is 0 Å². The molecule has 1 rings (SSSR count). The summed E-state index contributed by atoms with van der Waals surface area (Å²) in [6, 6.07) is -0.452. The van der Waals surface area contributed by atoms with Gasteiger partial charge in [0.25, 0.3) is 0 Å². The zero-order valence-electron chi connectivity index (χ0n) is 11.5. The van der Waals surface area contributed by atoms with Crippen LogP contribution in [0, 0.1) is 0 Å². The van der Waals surface area contributed by atoms with Gasteiger partial charge in [0.15, 0.2) is 0 Å². The molecule has 18 heavy (non-hydrogen) atoms. The van der Waals surface area contributed by atoms with Crippen LogP contribution < -0.4 is 4.72 Å². The van der Waals surface area contributed by atoms with Crippen molar-refractivity contribution in [2.75, 3.05) is 12.3 Å². The van der Waals surface area contributed by atoms with E-state index in [1.165, 1.54) is 0 Å². The fraction of sp³-hybridized carbons (Fsp3) is 0.917. The Labute approximate surface area is 110 Å². The number of likely N-dealkylation sites (tertiary alicyclic amines) is 1. The Morgan fingerprint density at radius 2 is 2.11 bits per heavy atom. The molecule has 0 spiro atoms. The van der Waals surface area contributed by atoms with E-state index in [9.17, 15) is 13.2 Å². The van der Waals surface area contributed by atoms with Gasteiger partial charge in [-0.2, -0.15) is 0 Å². The number of nitrogens with one attached hydrogen (secondary N) is 1. The Hall–Kier alpha value is -0.620. The highest BCUT2D eigenvalue weighted by atomic mass is 32.2. The molecule has 2 unspecified atom stereocenters. The maximum Gasteiger partial charge on any atom is 0.240 e. The minimum Gasteiger partial charge on any atom is -0.339 e. The molecular weight excluding hydrogens is 252 g/mol. The Morgan fingerprint density at radius 3 is 2.67 bits per heavy atom. The van der Waals surface area contributed by atoms with E-state index in [2.05, 4.69) is 4.72 Å². The molecule has 1 aliphatic rings. The van der Waals surface area contributed by atoms with E-state index in [1.54, 1.807) is 18.7 Å². The molecule has 0 aliphatic carbocycles. The maximum atomic E-state index is 12.2. The minimum absolute atomic E-state index is 0.0696. The van der Waals surface area contributed by atoms with E-state index in [0.29, 0.717) is 6.42 Å². The third kappa shape index (κ3) is 4.24. The van der Waals surface area contributed by atoms with Gasteiger partial charge in [0.2, 0.25) is 15.9 Å². The van der Waals surface area contributed by atoms with Crippen LogP contribution in [-0.4, -0.2) is 43.6 Å². The summed E-state index contributed by atoms with van der Waals surface area (Å²) < 4.78 is 25.7. The van der Waals surface area contributed by atoms with Gasteiger partial charge >= 0.3 is 0 Å². The molecule has 2 atom stereocenters. The van der Waals surface area contributed by atoms with Crippen molar-refractivity contribution in [2.45, 2.75) is 58.5 Å². The normalized spacial score (nSPS) is 22.8. The molecule has 1 N–H and O–H groups in total. The molecule has 5 nitrogen and oxygen atoms in total. The monoisotopic (exact) mass is 276 g/mol. The second-order valence-corrected chi connectivity index (χ2v) is 6.91. The quantitative estimate of drug-likeness (QED) is 0.818. The fourth-order valence-corrected chi connectivity index (χ4v) is 3.62. The second kappa shape index (κ2) is 6.52. The number of nitrogens with zero attached hydrogens (tertiary/aromatic N) is 1. The minimum atomic E-state index is -3.33. The zero-order valence-corrected chi connectivity index (χ0v) is 12.3. The summed E-state index contributed by atoms with van der Waals surface area (Å²) >= 11 is 0. The molecule has 0 aromatic carbocycles. The number of amides is 1. The van der Waals surface area contributed by atoms with Gasteiger partial charge in [-0.3, -0.25) is 4.79 Å². The first kappa shape index (κ1) is 15.4. The maximum absolute atomic E-state index is 12.2. The summed E-state index contributed by atoms with van der Waals surface area (Å²) in [5.41, 5.74) is 0. The molecule has 0 bridgehead atoms. The van der Waals surface area contributed by atoms with E-state index < -0.39 is 16.1 Å². The summed E-state index contributed by atoms with van der Waals surface area (Å²) in [6.45, 7) is 6.18. The Morgan fingerprint density at radius 1 is 1.44 bits per heavy atom. The Balaban J connectivity index is 2.60. The van der Waals surface area contributed by atoms with Gasteiger partial charge < -0.3 is 4.90 Å². The van der Waals surface area contributed by atoms with Gasteiger partial charge in [0.05, 0.1) is 11.8 Å². The van der Waals surface area contributed by atoms with E-state index in [1.807, 2.05) is 6.92 Å². The highest BCUT2D eigenvalue weighted by Gasteiger charge is 2.28. The van der Waals surface area contributed by atoms with Gasteiger partial charge in [-0.05, 0) is 39.5 Å². The molecule has 6 heteroatoms. The molecule has 1 aliphatic heterocycles. The highest BCUT2D eigenvalue weighted by Crippen LogP contribution is 2.17. The van der Waals surface area contributed by atoms with Crippen molar-refractivity contribution in [1.82, 2.24) is 9.62 Å². The molecule has 0 aromatic heterocycles. The third-order valence-corrected chi connectivity index (χ3v) is 4.94. The van der Waals surface area contributed by atoms with Crippen LogP contribution in [0.5, 0.6) is 0 Å². The van der Waals surface area contributed by atoms with Crippen LogP contribution in [0.3, 0.4) is 0 Å². The van der Waals surface area contributed by atoms with Crippen molar-refractivity contribution < 1.29 is 13.2 Å². The van der Waals surface area contributed by atoms with Gasteiger partial charge in [-0.1, -0.05) is 6.92 Å². The molecular formula is C12H24N2O3S. The van der Waals surface area contributed by atoms with Gasteiger partial charge in [0.1, 0.15) is 0 Å². The number of sulfonamides is 1. The number of piperidine rings is 1. The lowest BCUT2D eigenvalue weighted by Gasteiger charge is -2.35. The SMILES string of the molecule is CCCS(=O)(=O)NC(C)C(=O)N1CCCCC1C. The van der Waals surface area contributed by atoms with Gasteiger partial charge in [-0.25, -0.2) is 13.1 Å². The first-order chi connectivity index (χ1) is 8.37. The average Bonchev–Trinajstić information content (AvgIpc) is 2.28. The Bertz CT molecular complexity index is 381. The predicted molar refractivity (Wildman–Crippen MR) is 71.7 cm³/mol. The van der Waals surface area contributed by atoms with Crippen LogP contribution in [0.4, 0.5) is 0 Å². The Kier molecular flexibility index (Phi) is 5.59. The number of rotatable bonds is 5. The van der Waals surface area contributed by atoms with Crippen LogP contribution in [-0.2, 0) is 14.8 Å². The van der Waals surface area contributed by atoms with Crippen molar-refractivity contribution in [3.05, 3.63) is 0 Å². The molecule has 106 valence electrons. The summed E-state index contributed by atoms with van der Waals surface area (Å²) in [4.78, 5) is 14.0. The topological polar surface area (TPSA) is 66.5 Å². The molecule has 1 heterocycles. The van der Waals surface area contributed by atoms with Crippen molar-refractivity contribution in [2.24, 2.45) is 0 Å².